The highest BCUT2D eigenvalue weighted by molar-refractivity contribution is 6.00. The minimum absolute atomic E-state index is 0.0366. The number of pyridine rings is 1. The van der Waals surface area contributed by atoms with Gasteiger partial charge in [0.25, 0.3) is 5.69 Å². The lowest BCUT2D eigenvalue weighted by atomic mass is 9.95. The van der Waals surface area contributed by atoms with Gasteiger partial charge in [0.05, 0.1) is 15.8 Å². The van der Waals surface area contributed by atoms with Crippen molar-refractivity contribution >= 4 is 39.3 Å². The Balaban J connectivity index is 1.05. The minimum atomic E-state index is -0.868. The van der Waals surface area contributed by atoms with Gasteiger partial charge >= 0.3 is 12.2 Å². The Bertz CT molecular complexity index is 2190. The number of nitro groups is 1. The fourth-order valence-corrected chi connectivity index (χ4v) is 8.62. The predicted molar refractivity (Wildman–Crippen MR) is 203 cm³/mol. The average molecular weight is 735 g/mol. The fourth-order valence-electron chi connectivity index (χ4n) is 8.62. The molecule has 0 unspecified atom stereocenters. The first kappa shape index (κ1) is 35.6. The van der Waals surface area contributed by atoms with Crippen molar-refractivity contribution in [2.45, 2.75) is 76.3 Å². The van der Waals surface area contributed by atoms with E-state index in [-0.39, 0.29) is 46.8 Å². The van der Waals surface area contributed by atoms with E-state index in [1.165, 1.54) is 24.3 Å². The number of anilines is 1. The van der Waals surface area contributed by atoms with Crippen LogP contribution >= 0.6 is 0 Å². The maximum Gasteiger partial charge on any atom is 0.513 e. The first-order valence-corrected chi connectivity index (χ1v) is 18.9. The largest absolute Gasteiger partial charge is 0.513 e. The van der Waals surface area contributed by atoms with E-state index in [2.05, 4.69) is 22.8 Å². The number of aromatic nitrogens is 3. The summed E-state index contributed by atoms with van der Waals surface area (Å²) in [5, 5.41) is 13.5. The molecule has 0 saturated carbocycles. The Kier molecular flexibility index (Phi) is 9.97. The van der Waals surface area contributed by atoms with Gasteiger partial charge in [-0.1, -0.05) is 56.2 Å². The smallest absolute Gasteiger partial charge is 0.461 e. The molecule has 0 radical (unpaired) electrons. The second kappa shape index (κ2) is 15.1. The summed E-state index contributed by atoms with van der Waals surface area (Å²) in [7, 11) is 0. The van der Waals surface area contributed by atoms with Crippen LogP contribution in [0.4, 0.5) is 20.7 Å². The van der Waals surface area contributed by atoms with Crippen LogP contribution in [-0.2, 0) is 11.2 Å². The number of aryl methyl sites for hydroxylation is 1. The molecule has 3 fully saturated rings. The number of fused-ring (bicyclic) bond motifs is 3. The van der Waals surface area contributed by atoms with Crippen LogP contribution in [0.5, 0.6) is 11.8 Å². The van der Waals surface area contributed by atoms with Gasteiger partial charge in [0.1, 0.15) is 36.0 Å². The number of halogens is 1. The molecule has 280 valence electrons. The number of rotatable bonds is 10. The molecule has 13 heteroatoms. The molecular weight excluding hydrogens is 691 g/mol. The van der Waals surface area contributed by atoms with Crippen LogP contribution in [0.2, 0.25) is 0 Å². The lowest BCUT2D eigenvalue weighted by molar-refractivity contribution is -0.384. The third kappa shape index (κ3) is 6.88. The first-order valence-electron chi connectivity index (χ1n) is 18.9. The molecule has 2 atom stereocenters. The molecule has 12 nitrogen and oxygen atoms in total. The molecule has 0 aliphatic carbocycles. The monoisotopic (exact) mass is 734 g/mol. The zero-order valence-corrected chi connectivity index (χ0v) is 30.3. The maximum absolute atomic E-state index is 17.0. The van der Waals surface area contributed by atoms with Gasteiger partial charge in [-0.15, -0.1) is 0 Å². The van der Waals surface area contributed by atoms with Crippen molar-refractivity contribution in [3.05, 3.63) is 88.4 Å². The second-order valence-electron chi connectivity index (χ2n) is 14.5. The number of hydrogen-bond donors (Lipinski definition) is 0. The van der Waals surface area contributed by atoms with Crippen LogP contribution in [-0.4, -0.2) is 75.4 Å². The van der Waals surface area contributed by atoms with Gasteiger partial charge in [-0.2, -0.15) is 9.97 Å². The van der Waals surface area contributed by atoms with Crippen molar-refractivity contribution in [2.75, 3.05) is 37.7 Å². The number of hydrogen-bond acceptors (Lipinski definition) is 11. The number of carbonyl (C=O) groups is 1. The van der Waals surface area contributed by atoms with Gasteiger partial charge in [-0.25, -0.2) is 9.18 Å². The number of carbonyl (C=O) groups excluding carboxylic acids is 1. The lowest BCUT2D eigenvalue weighted by Gasteiger charge is -2.34. The number of nitrogens with zero attached hydrogens (tertiary/aromatic N) is 6. The third-order valence-corrected chi connectivity index (χ3v) is 11.3. The zero-order valence-electron chi connectivity index (χ0n) is 30.3. The number of benzene rings is 3. The zero-order chi connectivity index (χ0) is 37.2. The summed E-state index contributed by atoms with van der Waals surface area (Å²) < 4.78 is 34.2. The van der Waals surface area contributed by atoms with E-state index < -0.39 is 16.9 Å². The van der Waals surface area contributed by atoms with E-state index in [9.17, 15) is 14.9 Å². The van der Waals surface area contributed by atoms with Crippen molar-refractivity contribution < 1.29 is 28.3 Å². The van der Waals surface area contributed by atoms with E-state index in [0.29, 0.717) is 17.8 Å². The number of non-ortho nitro benzene ring substituents is 1. The van der Waals surface area contributed by atoms with Crippen molar-refractivity contribution in [3.63, 3.8) is 0 Å². The van der Waals surface area contributed by atoms with E-state index in [1.54, 1.807) is 6.20 Å². The molecule has 3 aromatic carbocycles. The van der Waals surface area contributed by atoms with E-state index in [0.717, 1.165) is 99.3 Å². The molecule has 2 aromatic heterocycles. The highest BCUT2D eigenvalue weighted by Crippen LogP contribution is 2.43. The summed E-state index contributed by atoms with van der Waals surface area (Å²) in [6.45, 7) is 4.98. The summed E-state index contributed by atoms with van der Waals surface area (Å²) in [5.41, 5.74) is 1.91. The Morgan fingerprint density at radius 2 is 1.76 bits per heavy atom. The first-order chi connectivity index (χ1) is 26.3. The molecule has 3 saturated heterocycles. The topological polar surface area (TPSA) is 133 Å². The quantitative estimate of drug-likeness (QED) is 0.0593. The van der Waals surface area contributed by atoms with Crippen molar-refractivity contribution in [1.82, 2.24) is 19.9 Å². The van der Waals surface area contributed by atoms with Crippen molar-refractivity contribution in [2.24, 2.45) is 0 Å². The summed E-state index contributed by atoms with van der Waals surface area (Å²) in [4.78, 5) is 41.9. The molecule has 54 heavy (non-hydrogen) atoms. The van der Waals surface area contributed by atoms with E-state index >= 15 is 4.39 Å². The molecule has 3 aliphatic heterocycles. The Morgan fingerprint density at radius 1 is 0.981 bits per heavy atom. The van der Waals surface area contributed by atoms with Crippen molar-refractivity contribution in [3.8, 4) is 23.0 Å². The Morgan fingerprint density at radius 3 is 2.52 bits per heavy atom. The molecule has 0 N–H and O–H groups in total. The van der Waals surface area contributed by atoms with Crippen LogP contribution < -0.4 is 14.4 Å². The highest BCUT2D eigenvalue weighted by atomic mass is 19.1. The molecule has 0 amide bonds. The normalized spacial score (nSPS) is 20.2. The SMILES string of the molecule is CCc1cccc2cccc(-c3ncc4c(N5CCCCCC5)nc(OC[C@@]56CCCN5[C@@H](COC(=O)Oc5ccc([N+](=O)[O-])cc5)CC6)nc4c3F)c12. The van der Waals surface area contributed by atoms with Gasteiger partial charge in [-0.3, -0.25) is 20.0 Å². The molecule has 0 bridgehead atoms. The van der Waals surface area contributed by atoms with Gasteiger partial charge in [-0.05, 0) is 80.0 Å². The van der Waals surface area contributed by atoms with Crippen LogP contribution in [0.25, 0.3) is 32.9 Å². The van der Waals surface area contributed by atoms with Gasteiger partial charge < -0.3 is 19.1 Å². The standard InChI is InChI=1S/C41H43FN6O6/c1-2-27-10-7-11-28-12-8-13-32(34(27)28)36-35(42)37-33(24-43-36)38(46-21-5-3-4-6-22-46)45-39(44-37)53-26-41-19-9-23-47(41)30(18-20-41)25-52-40(49)54-31-16-14-29(15-17-31)48(50)51/h7-8,10-17,24,30H,2-6,9,18-23,25-26H2,1H3/t30-,41+/m1/s1. The second-order valence-corrected chi connectivity index (χ2v) is 14.5. The Hall–Kier alpha value is -5.43. The van der Waals surface area contributed by atoms with Gasteiger partial charge in [0, 0.05) is 43.0 Å². The molecule has 0 spiro atoms. The molecule has 8 rings (SSSR count). The summed E-state index contributed by atoms with van der Waals surface area (Å²) in [5.74, 6) is 0.318. The predicted octanol–water partition coefficient (Wildman–Crippen LogP) is 8.43. The van der Waals surface area contributed by atoms with E-state index in [1.807, 2.05) is 30.3 Å². The number of ether oxygens (including phenoxy) is 3. The summed E-state index contributed by atoms with van der Waals surface area (Å²) in [6.07, 6.45) is 9.45. The molecular formula is C41H43FN6O6. The maximum atomic E-state index is 17.0. The third-order valence-electron chi connectivity index (χ3n) is 11.3. The summed E-state index contributed by atoms with van der Waals surface area (Å²) >= 11 is 0. The van der Waals surface area contributed by atoms with Crippen LogP contribution in [0.15, 0.2) is 66.9 Å². The van der Waals surface area contributed by atoms with Crippen molar-refractivity contribution in [1.29, 1.82) is 0 Å². The average Bonchev–Trinajstić information content (AvgIpc) is 3.63. The Labute approximate surface area is 312 Å². The number of nitro benzene ring substituents is 1. The summed E-state index contributed by atoms with van der Waals surface area (Å²) in [6, 6.07) is 17.4. The molecule has 5 aromatic rings. The van der Waals surface area contributed by atoms with E-state index in [4.69, 9.17) is 29.2 Å². The van der Waals surface area contributed by atoms with Gasteiger partial charge in [0.2, 0.25) is 0 Å². The molecule has 3 aliphatic rings. The van der Waals surface area contributed by atoms with Crippen LogP contribution in [0.3, 0.4) is 0 Å². The lowest BCUT2D eigenvalue weighted by Crippen LogP contribution is -2.48. The van der Waals surface area contributed by atoms with Crippen LogP contribution in [0, 0.1) is 15.9 Å². The molecule has 5 heterocycles. The minimum Gasteiger partial charge on any atom is -0.461 e. The van der Waals surface area contributed by atoms with Crippen LogP contribution in [0.1, 0.15) is 63.9 Å². The highest BCUT2D eigenvalue weighted by Gasteiger charge is 2.50. The van der Waals surface area contributed by atoms with Gasteiger partial charge in [0.15, 0.2) is 5.82 Å². The fraction of sp³-hybridized carbons (Fsp3) is 0.415.